The highest BCUT2D eigenvalue weighted by atomic mass is 32.2. The first kappa shape index (κ1) is 21.0. The Morgan fingerprint density at radius 1 is 1.20 bits per heavy atom. The van der Waals surface area contributed by atoms with E-state index >= 15 is 0 Å². The van der Waals surface area contributed by atoms with Gasteiger partial charge in [0.2, 0.25) is 5.91 Å². The van der Waals surface area contributed by atoms with Crippen molar-refractivity contribution in [1.29, 1.82) is 0 Å². The van der Waals surface area contributed by atoms with Crippen LogP contribution in [0.15, 0.2) is 35.6 Å². The lowest BCUT2D eigenvalue weighted by molar-refractivity contribution is -0.132. The lowest BCUT2D eigenvalue weighted by Gasteiger charge is -2.34. The van der Waals surface area contributed by atoms with Crippen molar-refractivity contribution in [3.63, 3.8) is 0 Å². The molecular formula is C23H31N5OS. The molecule has 4 rings (SSSR count). The molecule has 2 atom stereocenters. The number of H-pyrrole nitrogens is 1. The Labute approximate surface area is 182 Å². The van der Waals surface area contributed by atoms with Crippen LogP contribution in [0.3, 0.4) is 0 Å². The molecule has 0 bridgehead atoms. The van der Waals surface area contributed by atoms with E-state index in [4.69, 9.17) is 0 Å². The molecule has 1 amide bonds. The van der Waals surface area contributed by atoms with Crippen molar-refractivity contribution in [3.8, 4) is 11.4 Å². The van der Waals surface area contributed by atoms with E-state index in [1.54, 1.807) is 0 Å². The van der Waals surface area contributed by atoms with Crippen molar-refractivity contribution in [3.05, 3.63) is 30.5 Å². The molecule has 1 N–H and O–H groups in total. The summed E-state index contributed by atoms with van der Waals surface area (Å²) in [7, 11) is 0. The van der Waals surface area contributed by atoms with Gasteiger partial charge in [-0.2, -0.15) is 0 Å². The molecule has 1 aliphatic rings. The minimum Gasteiger partial charge on any atom is -0.360 e. The number of thioether (sulfide) groups is 1. The summed E-state index contributed by atoms with van der Waals surface area (Å²) >= 11 is 1.52. The highest BCUT2D eigenvalue weighted by molar-refractivity contribution is 7.99. The van der Waals surface area contributed by atoms with Gasteiger partial charge in [-0.3, -0.25) is 9.36 Å². The maximum Gasteiger partial charge on any atom is 0.233 e. The molecule has 6 nitrogen and oxygen atoms in total. The molecule has 1 saturated carbocycles. The predicted octanol–water partition coefficient (Wildman–Crippen LogP) is 5.28. The van der Waals surface area contributed by atoms with Gasteiger partial charge in [0.05, 0.1) is 5.75 Å². The van der Waals surface area contributed by atoms with Crippen molar-refractivity contribution in [1.82, 2.24) is 24.6 Å². The topological polar surface area (TPSA) is 66.8 Å². The van der Waals surface area contributed by atoms with E-state index in [0.717, 1.165) is 53.1 Å². The minimum atomic E-state index is 0.183. The van der Waals surface area contributed by atoms with Crippen molar-refractivity contribution in [2.24, 2.45) is 0 Å². The zero-order chi connectivity index (χ0) is 21.3. The second-order valence-corrected chi connectivity index (χ2v) is 9.20. The minimum absolute atomic E-state index is 0.183. The fourth-order valence-electron chi connectivity index (χ4n) is 4.00. The monoisotopic (exact) mass is 425 g/mol. The second-order valence-electron chi connectivity index (χ2n) is 8.26. The molecule has 1 fully saturated rings. The van der Waals surface area contributed by atoms with Crippen LogP contribution in [0.5, 0.6) is 0 Å². The van der Waals surface area contributed by atoms with Crippen LogP contribution in [-0.2, 0) is 4.79 Å². The van der Waals surface area contributed by atoms with Crippen LogP contribution < -0.4 is 0 Å². The molecule has 0 saturated heterocycles. The van der Waals surface area contributed by atoms with Gasteiger partial charge < -0.3 is 9.88 Å². The Kier molecular flexibility index (Phi) is 6.18. The van der Waals surface area contributed by atoms with Gasteiger partial charge in [-0.15, -0.1) is 10.2 Å². The first-order valence-electron chi connectivity index (χ1n) is 11.0. The van der Waals surface area contributed by atoms with Crippen LogP contribution in [0.4, 0.5) is 0 Å². The van der Waals surface area contributed by atoms with Crippen LogP contribution in [0, 0.1) is 0 Å². The molecule has 2 heterocycles. The van der Waals surface area contributed by atoms with Crippen molar-refractivity contribution >= 4 is 28.6 Å². The SMILES string of the molecule is CC[C@@H](C)N(C(=O)CSc1nnc(-c2c[nH]c3ccccc23)n1C1CC1)[C@@H](C)CC. The third-order valence-electron chi connectivity index (χ3n) is 6.15. The molecule has 0 unspecified atom stereocenters. The molecule has 160 valence electrons. The van der Waals surface area contributed by atoms with Crippen LogP contribution in [-0.4, -0.2) is 48.4 Å². The van der Waals surface area contributed by atoms with Gasteiger partial charge in [-0.25, -0.2) is 0 Å². The standard InChI is InChI=1S/C23H31N5OS/c1-5-15(3)27(16(4)6-2)21(29)14-30-23-26-25-22(28(23)17-11-12-17)19-13-24-20-10-8-7-9-18(19)20/h7-10,13,15-17,24H,5-6,11-12,14H2,1-4H3/t15-,16+. The van der Waals surface area contributed by atoms with E-state index in [2.05, 4.69) is 59.6 Å². The number of aromatic nitrogens is 4. The Morgan fingerprint density at radius 2 is 1.90 bits per heavy atom. The molecule has 2 aromatic heterocycles. The lowest BCUT2D eigenvalue weighted by Crippen LogP contribution is -2.45. The van der Waals surface area contributed by atoms with Gasteiger partial charge in [0.15, 0.2) is 11.0 Å². The smallest absolute Gasteiger partial charge is 0.233 e. The summed E-state index contributed by atoms with van der Waals surface area (Å²) < 4.78 is 2.24. The average molecular weight is 426 g/mol. The van der Waals surface area contributed by atoms with Gasteiger partial charge in [0, 0.05) is 40.8 Å². The summed E-state index contributed by atoms with van der Waals surface area (Å²) in [5.74, 6) is 1.47. The van der Waals surface area contributed by atoms with Crippen molar-refractivity contribution in [2.75, 3.05) is 5.75 Å². The number of benzene rings is 1. The molecule has 1 aliphatic carbocycles. The van der Waals surface area contributed by atoms with Gasteiger partial charge in [-0.05, 0) is 45.6 Å². The number of para-hydroxylation sites is 1. The van der Waals surface area contributed by atoms with E-state index in [0.29, 0.717) is 11.8 Å². The van der Waals surface area contributed by atoms with Gasteiger partial charge in [-0.1, -0.05) is 43.8 Å². The van der Waals surface area contributed by atoms with Crippen LogP contribution in [0.25, 0.3) is 22.3 Å². The Balaban J connectivity index is 1.58. The summed E-state index contributed by atoms with van der Waals surface area (Å²) in [4.78, 5) is 18.5. The molecule has 7 heteroatoms. The van der Waals surface area contributed by atoms with Crippen LogP contribution in [0.2, 0.25) is 0 Å². The summed E-state index contributed by atoms with van der Waals surface area (Å²) in [6.07, 6.45) is 6.22. The third-order valence-corrected chi connectivity index (χ3v) is 7.08. The third kappa shape index (κ3) is 4.00. The molecule has 30 heavy (non-hydrogen) atoms. The van der Waals surface area contributed by atoms with Gasteiger partial charge >= 0.3 is 0 Å². The average Bonchev–Trinajstić information content (AvgIpc) is 3.37. The molecule has 1 aromatic carbocycles. The van der Waals surface area contributed by atoms with E-state index in [9.17, 15) is 4.79 Å². The number of rotatable bonds is 9. The van der Waals surface area contributed by atoms with E-state index in [-0.39, 0.29) is 18.0 Å². The maximum absolute atomic E-state index is 13.1. The number of carbonyl (C=O) groups is 1. The maximum atomic E-state index is 13.1. The number of nitrogens with zero attached hydrogens (tertiary/aromatic N) is 4. The fraction of sp³-hybridized carbons (Fsp3) is 0.522. The van der Waals surface area contributed by atoms with E-state index < -0.39 is 0 Å². The molecule has 3 aromatic rings. The Bertz CT molecular complexity index is 1010. The fourth-order valence-corrected chi connectivity index (χ4v) is 4.87. The van der Waals surface area contributed by atoms with Gasteiger partial charge in [0.1, 0.15) is 0 Å². The number of hydrogen-bond acceptors (Lipinski definition) is 4. The number of amides is 1. The summed E-state index contributed by atoms with van der Waals surface area (Å²) in [5.41, 5.74) is 2.17. The molecule has 0 aliphatic heterocycles. The highest BCUT2D eigenvalue weighted by Gasteiger charge is 2.32. The molecular weight excluding hydrogens is 394 g/mol. The quantitative estimate of drug-likeness (QED) is 0.474. The van der Waals surface area contributed by atoms with E-state index in [1.807, 2.05) is 23.2 Å². The Morgan fingerprint density at radius 3 is 2.57 bits per heavy atom. The number of hydrogen-bond donors (Lipinski definition) is 1. The van der Waals surface area contributed by atoms with Crippen LogP contribution in [0.1, 0.15) is 59.4 Å². The zero-order valence-electron chi connectivity index (χ0n) is 18.3. The first-order chi connectivity index (χ1) is 14.5. The first-order valence-corrected chi connectivity index (χ1v) is 12.0. The predicted molar refractivity (Wildman–Crippen MR) is 123 cm³/mol. The van der Waals surface area contributed by atoms with Crippen LogP contribution >= 0.6 is 11.8 Å². The largest absolute Gasteiger partial charge is 0.360 e. The summed E-state index contributed by atoms with van der Waals surface area (Å²) in [6, 6.07) is 9.18. The zero-order valence-corrected chi connectivity index (χ0v) is 19.1. The number of carbonyl (C=O) groups excluding carboxylic acids is 1. The van der Waals surface area contributed by atoms with E-state index in [1.165, 1.54) is 11.8 Å². The van der Waals surface area contributed by atoms with Crippen molar-refractivity contribution in [2.45, 2.75) is 76.7 Å². The van der Waals surface area contributed by atoms with Crippen molar-refractivity contribution < 1.29 is 4.79 Å². The lowest BCUT2D eigenvalue weighted by atomic mass is 10.1. The molecule has 0 radical (unpaired) electrons. The number of aromatic amines is 1. The Hall–Kier alpha value is -2.28. The second kappa shape index (κ2) is 8.84. The van der Waals surface area contributed by atoms with Gasteiger partial charge in [0.25, 0.3) is 0 Å². The molecule has 0 spiro atoms. The number of nitrogens with one attached hydrogen (secondary N) is 1. The normalized spacial score (nSPS) is 16.0. The summed E-state index contributed by atoms with van der Waals surface area (Å²) in [5, 5.41) is 11.0. The number of fused-ring (bicyclic) bond motifs is 1. The summed E-state index contributed by atoms with van der Waals surface area (Å²) in [6.45, 7) is 8.54. The highest BCUT2D eigenvalue weighted by Crippen LogP contribution is 2.42.